The first-order valence-electron chi connectivity index (χ1n) is 12.6. The highest BCUT2D eigenvalue weighted by molar-refractivity contribution is 6.38. The monoisotopic (exact) mass is 438 g/mol. The summed E-state index contributed by atoms with van der Waals surface area (Å²) in [4.78, 5) is 48.2. The molecule has 0 heterocycles. The van der Waals surface area contributed by atoms with Crippen LogP contribution in [0.25, 0.3) is 0 Å². The first kappa shape index (κ1) is 29.5. The Morgan fingerprint density at radius 2 is 1.23 bits per heavy atom. The van der Waals surface area contributed by atoms with E-state index < -0.39 is 17.7 Å². The van der Waals surface area contributed by atoms with Gasteiger partial charge in [-0.2, -0.15) is 0 Å². The van der Waals surface area contributed by atoms with Gasteiger partial charge in [-0.05, 0) is 19.8 Å². The second-order valence-electron chi connectivity index (χ2n) is 9.01. The lowest BCUT2D eigenvalue weighted by Crippen LogP contribution is -2.28. The molecule has 0 N–H and O–H groups in total. The van der Waals surface area contributed by atoms with Crippen LogP contribution in [0.1, 0.15) is 124 Å². The Bertz CT molecular complexity index is 526. The highest BCUT2D eigenvalue weighted by Crippen LogP contribution is 2.19. The Labute approximate surface area is 190 Å². The number of unbranched alkanes of at least 4 members (excludes halogenated alkanes) is 10. The Morgan fingerprint density at radius 1 is 0.710 bits per heavy atom. The van der Waals surface area contributed by atoms with Crippen molar-refractivity contribution < 1.29 is 23.9 Å². The molecule has 0 amide bonds. The largest absolute Gasteiger partial charge is 0.457 e. The van der Waals surface area contributed by atoms with Crippen molar-refractivity contribution >= 4 is 23.3 Å². The van der Waals surface area contributed by atoms with Crippen LogP contribution < -0.4 is 0 Å². The Balaban J connectivity index is 4.20. The zero-order valence-corrected chi connectivity index (χ0v) is 20.5. The topological polar surface area (TPSA) is 77.5 Å². The second-order valence-corrected chi connectivity index (χ2v) is 9.01. The van der Waals surface area contributed by atoms with Crippen molar-refractivity contribution in [3.05, 3.63) is 0 Å². The molecular formula is C26H46O5. The van der Waals surface area contributed by atoms with Gasteiger partial charge in [0.2, 0.25) is 5.78 Å². The van der Waals surface area contributed by atoms with E-state index in [0.29, 0.717) is 6.42 Å². The number of Topliss-reactive ketones (excluding diaryl/α,β-unsaturated/α-hetero) is 3. The van der Waals surface area contributed by atoms with Gasteiger partial charge in [0.1, 0.15) is 6.61 Å². The molecule has 0 saturated carbocycles. The van der Waals surface area contributed by atoms with Crippen LogP contribution in [-0.4, -0.2) is 29.9 Å². The van der Waals surface area contributed by atoms with Gasteiger partial charge < -0.3 is 4.74 Å². The summed E-state index contributed by atoms with van der Waals surface area (Å²) >= 11 is 0. The Kier molecular flexibility index (Phi) is 18.2. The van der Waals surface area contributed by atoms with E-state index in [1.807, 2.05) is 13.8 Å². The van der Waals surface area contributed by atoms with E-state index in [1.54, 1.807) is 0 Å². The summed E-state index contributed by atoms with van der Waals surface area (Å²) in [6.07, 6.45) is 15.1. The minimum absolute atomic E-state index is 0.113. The highest BCUT2D eigenvalue weighted by atomic mass is 16.5. The predicted octanol–water partition coefficient (Wildman–Crippen LogP) is 6.40. The highest BCUT2D eigenvalue weighted by Gasteiger charge is 2.28. The summed E-state index contributed by atoms with van der Waals surface area (Å²) in [7, 11) is 0. The second kappa shape index (κ2) is 19.2. The molecule has 0 aliphatic carbocycles. The van der Waals surface area contributed by atoms with Crippen LogP contribution in [0.4, 0.5) is 0 Å². The van der Waals surface area contributed by atoms with Crippen LogP contribution in [0.5, 0.6) is 0 Å². The number of ether oxygens (including phenoxy) is 1. The van der Waals surface area contributed by atoms with E-state index in [2.05, 4.69) is 6.92 Å². The molecule has 0 rings (SSSR count). The van der Waals surface area contributed by atoms with Gasteiger partial charge in [-0.3, -0.25) is 19.2 Å². The molecular weight excluding hydrogens is 392 g/mol. The molecule has 2 atom stereocenters. The molecule has 0 aromatic carbocycles. The lowest BCUT2D eigenvalue weighted by molar-refractivity contribution is -0.153. The normalized spacial score (nSPS) is 12.9. The minimum Gasteiger partial charge on any atom is -0.457 e. The van der Waals surface area contributed by atoms with Gasteiger partial charge in [0.15, 0.2) is 11.6 Å². The zero-order valence-electron chi connectivity index (χ0n) is 20.5. The van der Waals surface area contributed by atoms with E-state index in [0.717, 1.165) is 32.1 Å². The van der Waals surface area contributed by atoms with Crippen molar-refractivity contribution in [1.29, 1.82) is 0 Å². The molecule has 31 heavy (non-hydrogen) atoms. The van der Waals surface area contributed by atoms with Crippen molar-refractivity contribution in [3.63, 3.8) is 0 Å². The van der Waals surface area contributed by atoms with Crippen LogP contribution in [0, 0.1) is 11.8 Å². The quantitative estimate of drug-likeness (QED) is 0.118. The molecule has 0 saturated heterocycles. The van der Waals surface area contributed by atoms with E-state index in [1.165, 1.54) is 58.3 Å². The summed E-state index contributed by atoms with van der Waals surface area (Å²) in [6.45, 7) is 7.11. The van der Waals surface area contributed by atoms with Crippen molar-refractivity contribution in [2.24, 2.45) is 11.8 Å². The summed E-state index contributed by atoms with van der Waals surface area (Å²) in [5.74, 6) is -2.60. The molecule has 180 valence electrons. The van der Waals surface area contributed by atoms with Crippen molar-refractivity contribution in [2.75, 3.05) is 6.61 Å². The van der Waals surface area contributed by atoms with Gasteiger partial charge in [-0.15, -0.1) is 0 Å². The maximum absolute atomic E-state index is 12.5. The first-order valence-corrected chi connectivity index (χ1v) is 12.6. The van der Waals surface area contributed by atoms with Gasteiger partial charge in [0.05, 0.1) is 5.92 Å². The maximum atomic E-state index is 12.5. The van der Waals surface area contributed by atoms with Crippen molar-refractivity contribution in [3.8, 4) is 0 Å². The molecule has 0 radical (unpaired) electrons. The fourth-order valence-corrected chi connectivity index (χ4v) is 3.71. The molecule has 0 aromatic rings. The van der Waals surface area contributed by atoms with Crippen LogP contribution in [-0.2, 0) is 23.9 Å². The van der Waals surface area contributed by atoms with E-state index >= 15 is 0 Å². The number of hydrogen-bond acceptors (Lipinski definition) is 5. The van der Waals surface area contributed by atoms with E-state index in [9.17, 15) is 19.2 Å². The number of ketones is 3. The molecule has 5 nitrogen and oxygen atoms in total. The maximum Gasteiger partial charge on any atom is 0.309 e. The molecule has 0 aliphatic rings. The SMILES string of the molecule is CCCCCCCCCCCCC(C)C(=O)C(=O)C[C@@H](CCCC)C(=O)OCC(C)=O. The standard InChI is InChI=1S/C26H46O5/c1-5-7-9-10-11-12-13-14-15-16-17-21(3)25(29)24(28)19-23(18-8-6-2)26(30)31-20-22(4)27/h21,23H,5-20H2,1-4H3/t21?,23-/m1/s1. The van der Waals surface area contributed by atoms with Gasteiger partial charge in [-0.1, -0.05) is 97.8 Å². The number of esters is 1. The third-order valence-electron chi connectivity index (χ3n) is 5.80. The third kappa shape index (κ3) is 15.9. The average molecular weight is 439 g/mol. The average Bonchev–Trinajstić information content (AvgIpc) is 2.75. The van der Waals surface area contributed by atoms with Gasteiger partial charge in [-0.25, -0.2) is 0 Å². The summed E-state index contributed by atoms with van der Waals surface area (Å²) in [6, 6.07) is 0. The molecule has 1 unspecified atom stereocenters. The van der Waals surface area contributed by atoms with E-state index in [-0.39, 0.29) is 30.5 Å². The number of rotatable bonds is 21. The predicted molar refractivity (Wildman–Crippen MR) is 125 cm³/mol. The Hall–Kier alpha value is -1.52. The minimum atomic E-state index is -0.639. The van der Waals surface area contributed by atoms with Gasteiger partial charge in [0, 0.05) is 12.3 Å². The number of carbonyl (C=O) groups excluding carboxylic acids is 4. The summed E-state index contributed by atoms with van der Waals surface area (Å²) < 4.78 is 4.99. The fraction of sp³-hybridized carbons (Fsp3) is 0.846. The van der Waals surface area contributed by atoms with Gasteiger partial charge in [0.25, 0.3) is 0 Å². The number of carbonyl (C=O) groups is 4. The third-order valence-corrected chi connectivity index (χ3v) is 5.80. The lowest BCUT2D eigenvalue weighted by atomic mass is 9.89. The fourth-order valence-electron chi connectivity index (χ4n) is 3.71. The van der Waals surface area contributed by atoms with Crippen LogP contribution >= 0.6 is 0 Å². The van der Waals surface area contributed by atoms with Gasteiger partial charge >= 0.3 is 5.97 Å². The van der Waals surface area contributed by atoms with Crippen LogP contribution in [0.3, 0.4) is 0 Å². The van der Waals surface area contributed by atoms with Crippen LogP contribution in [0.15, 0.2) is 0 Å². The molecule has 0 bridgehead atoms. The Morgan fingerprint density at radius 3 is 1.74 bits per heavy atom. The van der Waals surface area contributed by atoms with Crippen molar-refractivity contribution in [2.45, 2.75) is 124 Å². The summed E-state index contributed by atoms with van der Waals surface area (Å²) in [5.41, 5.74) is 0. The first-order chi connectivity index (χ1) is 14.8. The molecule has 5 heteroatoms. The van der Waals surface area contributed by atoms with Crippen LogP contribution in [0.2, 0.25) is 0 Å². The lowest BCUT2D eigenvalue weighted by Gasteiger charge is -2.16. The van der Waals surface area contributed by atoms with Crippen molar-refractivity contribution in [1.82, 2.24) is 0 Å². The van der Waals surface area contributed by atoms with E-state index in [4.69, 9.17) is 4.74 Å². The molecule has 0 fully saturated rings. The molecule has 0 aromatic heterocycles. The summed E-state index contributed by atoms with van der Waals surface area (Å²) in [5, 5.41) is 0. The zero-order chi connectivity index (χ0) is 23.5. The molecule has 0 spiro atoms. The smallest absolute Gasteiger partial charge is 0.309 e. The number of hydrogen-bond donors (Lipinski definition) is 0. The molecule has 0 aliphatic heterocycles.